The van der Waals surface area contributed by atoms with Crippen molar-refractivity contribution in [2.24, 2.45) is 0 Å². The SMILES string of the molecule is CCc1cc(N2Cc3ccccc3C2)n2nccc2n1. The molecular weight excluding hydrogens is 248 g/mol. The molecule has 3 heterocycles. The van der Waals surface area contributed by atoms with Crippen molar-refractivity contribution in [1.29, 1.82) is 0 Å². The Morgan fingerprint density at radius 2 is 1.85 bits per heavy atom. The van der Waals surface area contributed by atoms with Crippen LogP contribution in [0.25, 0.3) is 5.65 Å². The highest BCUT2D eigenvalue weighted by molar-refractivity contribution is 5.54. The summed E-state index contributed by atoms with van der Waals surface area (Å²) in [5.41, 5.74) is 4.85. The summed E-state index contributed by atoms with van der Waals surface area (Å²) in [6.45, 7) is 4.02. The fourth-order valence-corrected chi connectivity index (χ4v) is 2.85. The number of benzene rings is 1. The molecule has 4 heteroatoms. The molecular formula is C16H16N4. The second-order valence-corrected chi connectivity index (χ2v) is 5.19. The second-order valence-electron chi connectivity index (χ2n) is 5.19. The lowest BCUT2D eigenvalue weighted by atomic mass is 10.1. The van der Waals surface area contributed by atoms with Crippen molar-refractivity contribution in [3.8, 4) is 0 Å². The Labute approximate surface area is 117 Å². The molecule has 0 aliphatic carbocycles. The van der Waals surface area contributed by atoms with Crippen molar-refractivity contribution in [2.75, 3.05) is 4.90 Å². The quantitative estimate of drug-likeness (QED) is 0.713. The number of aryl methyl sites for hydroxylation is 1. The number of aromatic nitrogens is 3. The molecule has 0 spiro atoms. The van der Waals surface area contributed by atoms with Crippen molar-refractivity contribution in [3.63, 3.8) is 0 Å². The van der Waals surface area contributed by atoms with E-state index in [1.54, 1.807) is 0 Å². The first-order valence-corrected chi connectivity index (χ1v) is 7.00. The van der Waals surface area contributed by atoms with E-state index in [9.17, 15) is 0 Å². The van der Waals surface area contributed by atoms with Gasteiger partial charge < -0.3 is 4.90 Å². The third-order valence-electron chi connectivity index (χ3n) is 3.92. The first-order chi connectivity index (χ1) is 9.85. The van der Waals surface area contributed by atoms with E-state index in [4.69, 9.17) is 0 Å². The van der Waals surface area contributed by atoms with Gasteiger partial charge in [-0.2, -0.15) is 9.61 Å². The zero-order valence-electron chi connectivity index (χ0n) is 11.5. The van der Waals surface area contributed by atoms with Crippen LogP contribution in [0.1, 0.15) is 23.7 Å². The zero-order chi connectivity index (χ0) is 13.5. The van der Waals surface area contributed by atoms with E-state index in [0.29, 0.717) is 0 Å². The van der Waals surface area contributed by atoms with Crippen LogP contribution in [0.3, 0.4) is 0 Å². The molecule has 1 aliphatic rings. The van der Waals surface area contributed by atoms with Gasteiger partial charge in [-0.05, 0) is 17.5 Å². The molecule has 3 aromatic rings. The topological polar surface area (TPSA) is 33.4 Å². The molecule has 0 unspecified atom stereocenters. The molecule has 0 N–H and O–H groups in total. The molecule has 4 nitrogen and oxygen atoms in total. The fraction of sp³-hybridized carbons (Fsp3) is 0.250. The molecule has 0 atom stereocenters. The Morgan fingerprint density at radius 1 is 1.10 bits per heavy atom. The summed E-state index contributed by atoms with van der Waals surface area (Å²) >= 11 is 0. The Bertz CT molecular complexity index is 750. The molecule has 0 radical (unpaired) electrons. The smallest absolute Gasteiger partial charge is 0.157 e. The van der Waals surface area contributed by atoms with Crippen LogP contribution >= 0.6 is 0 Å². The number of anilines is 1. The summed E-state index contributed by atoms with van der Waals surface area (Å²) in [6.07, 6.45) is 2.75. The van der Waals surface area contributed by atoms with Crippen LogP contribution in [0.5, 0.6) is 0 Å². The maximum Gasteiger partial charge on any atom is 0.157 e. The van der Waals surface area contributed by atoms with Crippen molar-refractivity contribution < 1.29 is 0 Å². The molecule has 20 heavy (non-hydrogen) atoms. The highest BCUT2D eigenvalue weighted by Gasteiger charge is 2.21. The fourth-order valence-electron chi connectivity index (χ4n) is 2.85. The minimum absolute atomic E-state index is 0.926. The number of rotatable bonds is 2. The van der Waals surface area contributed by atoms with E-state index < -0.39 is 0 Å². The summed E-state index contributed by atoms with van der Waals surface area (Å²) in [5, 5.41) is 4.41. The Morgan fingerprint density at radius 3 is 2.55 bits per heavy atom. The van der Waals surface area contributed by atoms with Gasteiger partial charge in [-0.3, -0.25) is 0 Å². The normalized spacial score (nSPS) is 13.9. The maximum absolute atomic E-state index is 4.61. The lowest BCUT2D eigenvalue weighted by molar-refractivity contribution is 0.796. The molecule has 1 aliphatic heterocycles. The summed E-state index contributed by atoms with van der Waals surface area (Å²) in [7, 11) is 0. The van der Waals surface area contributed by atoms with E-state index in [1.165, 1.54) is 11.1 Å². The van der Waals surface area contributed by atoms with Crippen LogP contribution in [0, 0.1) is 0 Å². The lowest BCUT2D eigenvalue weighted by Gasteiger charge is -2.19. The number of fused-ring (bicyclic) bond motifs is 2. The van der Waals surface area contributed by atoms with Crippen LogP contribution in [0.15, 0.2) is 42.6 Å². The Hall–Kier alpha value is -2.36. The van der Waals surface area contributed by atoms with Crippen LogP contribution < -0.4 is 4.90 Å². The first-order valence-electron chi connectivity index (χ1n) is 7.00. The molecule has 2 aromatic heterocycles. The van der Waals surface area contributed by atoms with Crippen LogP contribution in [-0.4, -0.2) is 14.6 Å². The summed E-state index contributed by atoms with van der Waals surface area (Å²) in [5.74, 6) is 1.13. The maximum atomic E-state index is 4.61. The van der Waals surface area contributed by atoms with Crippen molar-refractivity contribution in [2.45, 2.75) is 26.4 Å². The van der Waals surface area contributed by atoms with Gasteiger partial charge in [0, 0.05) is 30.9 Å². The number of hydrogen-bond donors (Lipinski definition) is 0. The Balaban J connectivity index is 1.82. The van der Waals surface area contributed by atoms with Gasteiger partial charge in [0.25, 0.3) is 0 Å². The molecule has 4 rings (SSSR count). The average molecular weight is 264 g/mol. The van der Waals surface area contributed by atoms with Crippen LogP contribution in [-0.2, 0) is 19.5 Å². The summed E-state index contributed by atoms with van der Waals surface area (Å²) in [6, 6.07) is 12.7. The lowest BCUT2D eigenvalue weighted by Crippen LogP contribution is -2.19. The predicted octanol–water partition coefficient (Wildman–Crippen LogP) is 2.81. The molecule has 0 bridgehead atoms. The predicted molar refractivity (Wildman–Crippen MR) is 78.7 cm³/mol. The van der Waals surface area contributed by atoms with Gasteiger partial charge in [0.2, 0.25) is 0 Å². The second kappa shape index (κ2) is 4.34. The van der Waals surface area contributed by atoms with Gasteiger partial charge in [-0.1, -0.05) is 31.2 Å². The van der Waals surface area contributed by atoms with E-state index in [0.717, 1.165) is 36.7 Å². The van der Waals surface area contributed by atoms with Gasteiger partial charge in [0.1, 0.15) is 5.82 Å². The Kier molecular flexibility index (Phi) is 2.49. The highest BCUT2D eigenvalue weighted by Crippen LogP contribution is 2.28. The van der Waals surface area contributed by atoms with Crippen molar-refractivity contribution in [3.05, 3.63) is 59.4 Å². The van der Waals surface area contributed by atoms with Gasteiger partial charge in [0.05, 0.1) is 6.20 Å². The third-order valence-corrected chi connectivity index (χ3v) is 3.92. The molecule has 100 valence electrons. The number of nitrogens with zero attached hydrogens (tertiary/aromatic N) is 4. The molecule has 0 saturated carbocycles. The van der Waals surface area contributed by atoms with E-state index >= 15 is 0 Å². The van der Waals surface area contributed by atoms with Crippen LogP contribution in [0.4, 0.5) is 5.82 Å². The van der Waals surface area contributed by atoms with Gasteiger partial charge >= 0.3 is 0 Å². The van der Waals surface area contributed by atoms with Gasteiger partial charge in [-0.25, -0.2) is 4.98 Å². The average Bonchev–Trinajstić information content (AvgIpc) is 3.12. The minimum atomic E-state index is 0.926. The monoisotopic (exact) mass is 264 g/mol. The third kappa shape index (κ3) is 1.68. The van der Waals surface area contributed by atoms with E-state index in [-0.39, 0.29) is 0 Å². The largest absolute Gasteiger partial charge is 0.348 e. The van der Waals surface area contributed by atoms with Gasteiger partial charge in [0.15, 0.2) is 5.65 Å². The molecule has 0 saturated heterocycles. The summed E-state index contributed by atoms with van der Waals surface area (Å²) < 4.78 is 1.94. The van der Waals surface area contributed by atoms with E-state index in [1.807, 2.05) is 16.8 Å². The molecule has 0 amide bonds. The minimum Gasteiger partial charge on any atom is -0.348 e. The zero-order valence-corrected chi connectivity index (χ0v) is 11.5. The summed E-state index contributed by atoms with van der Waals surface area (Å²) in [4.78, 5) is 6.98. The first kappa shape index (κ1) is 11.5. The standard InChI is InChI=1S/C16H16N4/c1-2-14-9-16(20-15(18-14)7-8-17-20)19-10-12-5-3-4-6-13(12)11-19/h3-9H,2,10-11H2,1H3. The van der Waals surface area contributed by atoms with E-state index in [2.05, 4.69) is 52.2 Å². The molecule has 0 fully saturated rings. The van der Waals surface area contributed by atoms with Gasteiger partial charge in [-0.15, -0.1) is 0 Å². The number of hydrogen-bond acceptors (Lipinski definition) is 3. The molecule has 1 aromatic carbocycles. The van der Waals surface area contributed by atoms with Crippen molar-refractivity contribution in [1.82, 2.24) is 14.6 Å². The van der Waals surface area contributed by atoms with Crippen molar-refractivity contribution >= 4 is 11.5 Å². The van der Waals surface area contributed by atoms with Crippen LogP contribution in [0.2, 0.25) is 0 Å². The highest BCUT2D eigenvalue weighted by atomic mass is 15.3.